The average Bonchev–Trinajstić information content (AvgIpc) is 2.24. The summed E-state index contributed by atoms with van der Waals surface area (Å²) in [6.07, 6.45) is -5.12. The van der Waals surface area contributed by atoms with Gasteiger partial charge in [0.15, 0.2) is 0 Å². The Morgan fingerprint density at radius 2 is 1.83 bits per heavy atom. The van der Waals surface area contributed by atoms with Gasteiger partial charge in [0.05, 0.1) is 5.69 Å². The molecule has 1 aromatic carbocycles. The number of alkyl halides is 3. The summed E-state index contributed by atoms with van der Waals surface area (Å²) in [7, 11) is 0. The SMILES string of the molecule is O=C(O)CN(C(=O)C(F)(F)F)c1ccccc1I. The molecule has 0 spiro atoms. The van der Waals surface area contributed by atoms with Gasteiger partial charge in [-0.05, 0) is 34.7 Å². The molecule has 0 fully saturated rings. The van der Waals surface area contributed by atoms with Crippen molar-refractivity contribution in [1.82, 2.24) is 0 Å². The number of benzene rings is 1. The fourth-order valence-electron chi connectivity index (χ4n) is 1.23. The smallest absolute Gasteiger partial charge is 0.471 e. The quantitative estimate of drug-likeness (QED) is 0.828. The van der Waals surface area contributed by atoms with Crippen LogP contribution in [0.1, 0.15) is 0 Å². The lowest BCUT2D eigenvalue weighted by Crippen LogP contribution is -2.44. The van der Waals surface area contributed by atoms with Gasteiger partial charge in [-0.2, -0.15) is 13.2 Å². The van der Waals surface area contributed by atoms with E-state index >= 15 is 0 Å². The van der Waals surface area contributed by atoms with Gasteiger partial charge in [0.2, 0.25) is 0 Å². The molecule has 0 aliphatic rings. The van der Waals surface area contributed by atoms with Crippen molar-refractivity contribution in [3.8, 4) is 0 Å². The number of carbonyl (C=O) groups excluding carboxylic acids is 1. The molecule has 0 atom stereocenters. The van der Waals surface area contributed by atoms with Gasteiger partial charge in [0.25, 0.3) is 0 Å². The van der Waals surface area contributed by atoms with Crippen LogP contribution in [-0.4, -0.2) is 29.7 Å². The van der Waals surface area contributed by atoms with Crippen molar-refractivity contribution in [1.29, 1.82) is 0 Å². The number of aliphatic carboxylic acids is 1. The summed E-state index contributed by atoms with van der Waals surface area (Å²) >= 11 is 1.73. The molecule has 0 aromatic heterocycles. The predicted molar refractivity (Wildman–Crippen MR) is 65.2 cm³/mol. The summed E-state index contributed by atoms with van der Waals surface area (Å²) < 4.78 is 37.5. The maximum atomic E-state index is 12.4. The van der Waals surface area contributed by atoms with Gasteiger partial charge >= 0.3 is 18.1 Å². The molecule has 0 heterocycles. The highest BCUT2D eigenvalue weighted by Gasteiger charge is 2.44. The first kappa shape index (κ1) is 14.7. The molecule has 0 saturated carbocycles. The predicted octanol–water partition coefficient (Wildman–Crippen LogP) is 2.27. The zero-order chi connectivity index (χ0) is 13.9. The Morgan fingerprint density at radius 3 is 2.28 bits per heavy atom. The molecular formula is C10H7F3INO3. The van der Waals surface area contributed by atoms with E-state index in [1.807, 2.05) is 0 Å². The van der Waals surface area contributed by atoms with Gasteiger partial charge in [0.1, 0.15) is 6.54 Å². The normalized spacial score (nSPS) is 11.1. The van der Waals surface area contributed by atoms with Crippen LogP contribution in [0, 0.1) is 3.57 Å². The second kappa shape index (κ2) is 5.55. The molecule has 0 aliphatic carbocycles. The van der Waals surface area contributed by atoms with Crippen LogP contribution in [0.15, 0.2) is 24.3 Å². The average molecular weight is 373 g/mol. The van der Waals surface area contributed by atoms with Crippen LogP contribution in [0.2, 0.25) is 0 Å². The molecule has 98 valence electrons. The lowest BCUT2D eigenvalue weighted by molar-refractivity contribution is -0.170. The van der Waals surface area contributed by atoms with Crippen LogP contribution in [-0.2, 0) is 9.59 Å². The molecule has 18 heavy (non-hydrogen) atoms. The maximum Gasteiger partial charge on any atom is 0.471 e. The minimum absolute atomic E-state index is 0.0807. The first-order chi connectivity index (χ1) is 8.23. The monoisotopic (exact) mass is 373 g/mol. The number of halogens is 4. The number of carbonyl (C=O) groups is 2. The van der Waals surface area contributed by atoms with Crippen molar-refractivity contribution >= 4 is 40.2 Å². The van der Waals surface area contributed by atoms with Crippen LogP contribution in [0.25, 0.3) is 0 Å². The fourth-order valence-corrected chi connectivity index (χ4v) is 1.90. The van der Waals surface area contributed by atoms with Gasteiger partial charge in [-0.3, -0.25) is 14.5 Å². The zero-order valence-corrected chi connectivity index (χ0v) is 10.9. The summed E-state index contributed by atoms with van der Waals surface area (Å²) in [5, 5.41) is 8.59. The third kappa shape index (κ3) is 3.59. The first-order valence-corrected chi connectivity index (χ1v) is 5.66. The summed E-state index contributed by atoms with van der Waals surface area (Å²) in [5.74, 6) is -3.72. The number of rotatable bonds is 3. The third-order valence-corrected chi connectivity index (χ3v) is 2.84. The number of amides is 1. The lowest BCUT2D eigenvalue weighted by Gasteiger charge is -2.22. The van der Waals surface area contributed by atoms with E-state index in [1.54, 1.807) is 28.7 Å². The number of nitrogens with zero attached hydrogens (tertiary/aromatic N) is 1. The standard InChI is InChI=1S/C10H7F3INO3/c11-10(12,13)9(18)15(5-8(16)17)7-4-2-1-3-6(7)14/h1-4H,5H2,(H,16,17). The van der Waals surface area contributed by atoms with Crippen LogP contribution < -0.4 is 4.90 Å². The molecule has 0 bridgehead atoms. The number of carboxylic acids is 1. The zero-order valence-electron chi connectivity index (χ0n) is 8.74. The molecule has 1 N–H and O–H groups in total. The Labute approximate surface area is 114 Å². The van der Waals surface area contributed by atoms with Crippen molar-refractivity contribution in [2.45, 2.75) is 6.18 Å². The van der Waals surface area contributed by atoms with Gasteiger partial charge in [0, 0.05) is 3.57 Å². The van der Waals surface area contributed by atoms with E-state index in [0.717, 1.165) is 0 Å². The van der Waals surface area contributed by atoms with Crippen LogP contribution in [0.3, 0.4) is 0 Å². The number of carboxylic acid groups (broad SMARTS) is 1. The molecular weight excluding hydrogens is 366 g/mol. The van der Waals surface area contributed by atoms with Crippen molar-refractivity contribution in [3.63, 3.8) is 0 Å². The van der Waals surface area contributed by atoms with E-state index in [4.69, 9.17) is 5.11 Å². The largest absolute Gasteiger partial charge is 0.480 e. The number of hydrogen-bond donors (Lipinski definition) is 1. The van der Waals surface area contributed by atoms with Gasteiger partial charge in [-0.25, -0.2) is 0 Å². The van der Waals surface area contributed by atoms with Crippen molar-refractivity contribution in [2.75, 3.05) is 11.4 Å². The van der Waals surface area contributed by atoms with Crippen LogP contribution >= 0.6 is 22.6 Å². The Kier molecular flexibility index (Phi) is 4.54. The molecule has 8 heteroatoms. The minimum atomic E-state index is -5.12. The molecule has 0 radical (unpaired) electrons. The van der Waals surface area contributed by atoms with E-state index in [-0.39, 0.29) is 10.6 Å². The maximum absolute atomic E-state index is 12.4. The highest BCUT2D eigenvalue weighted by molar-refractivity contribution is 14.1. The molecule has 0 saturated heterocycles. The van der Waals surface area contributed by atoms with Gasteiger partial charge < -0.3 is 5.11 Å². The van der Waals surface area contributed by atoms with E-state index in [9.17, 15) is 22.8 Å². The number of para-hydroxylation sites is 1. The van der Waals surface area contributed by atoms with Crippen LogP contribution in [0.4, 0.5) is 18.9 Å². The van der Waals surface area contributed by atoms with Crippen LogP contribution in [0.5, 0.6) is 0 Å². The molecule has 0 unspecified atom stereocenters. The number of anilines is 1. The summed E-state index contributed by atoms with van der Waals surface area (Å²) in [6.45, 7) is -1.04. The molecule has 4 nitrogen and oxygen atoms in total. The Balaban J connectivity index is 3.18. The lowest BCUT2D eigenvalue weighted by atomic mass is 10.2. The van der Waals surface area contributed by atoms with E-state index in [0.29, 0.717) is 3.57 Å². The van der Waals surface area contributed by atoms with E-state index in [1.165, 1.54) is 18.2 Å². The fraction of sp³-hybridized carbons (Fsp3) is 0.200. The van der Waals surface area contributed by atoms with Gasteiger partial charge in [-0.15, -0.1) is 0 Å². The summed E-state index contributed by atoms with van der Waals surface area (Å²) in [4.78, 5) is 21.9. The highest BCUT2D eigenvalue weighted by atomic mass is 127. The first-order valence-electron chi connectivity index (χ1n) is 4.58. The second-order valence-electron chi connectivity index (χ2n) is 3.23. The van der Waals surface area contributed by atoms with Crippen molar-refractivity contribution in [2.24, 2.45) is 0 Å². The Bertz CT molecular complexity index is 476. The highest BCUT2D eigenvalue weighted by Crippen LogP contribution is 2.27. The molecule has 1 aromatic rings. The Hall–Kier alpha value is -1.32. The topological polar surface area (TPSA) is 57.6 Å². The van der Waals surface area contributed by atoms with Crippen molar-refractivity contribution < 1.29 is 27.9 Å². The summed E-state index contributed by atoms with van der Waals surface area (Å²) in [6, 6.07) is 5.74. The van der Waals surface area contributed by atoms with E-state index < -0.39 is 24.6 Å². The second-order valence-corrected chi connectivity index (χ2v) is 4.40. The molecule has 1 rings (SSSR count). The van der Waals surface area contributed by atoms with E-state index in [2.05, 4.69) is 0 Å². The molecule has 0 aliphatic heterocycles. The summed E-state index contributed by atoms with van der Waals surface area (Å²) in [5.41, 5.74) is -0.0807. The minimum Gasteiger partial charge on any atom is -0.480 e. The van der Waals surface area contributed by atoms with Crippen molar-refractivity contribution in [3.05, 3.63) is 27.8 Å². The Morgan fingerprint density at radius 1 is 1.28 bits per heavy atom. The van der Waals surface area contributed by atoms with Gasteiger partial charge in [-0.1, -0.05) is 12.1 Å². The number of hydrogen-bond acceptors (Lipinski definition) is 2. The third-order valence-electron chi connectivity index (χ3n) is 1.92. The molecule has 1 amide bonds.